The maximum absolute atomic E-state index is 10.8. The van der Waals surface area contributed by atoms with E-state index < -0.39 is 0 Å². The van der Waals surface area contributed by atoms with E-state index in [2.05, 4.69) is 13.8 Å². The summed E-state index contributed by atoms with van der Waals surface area (Å²) >= 11 is 0. The number of aldehydes is 2. The molecule has 0 heterocycles. The van der Waals surface area contributed by atoms with Crippen molar-refractivity contribution in [1.82, 2.24) is 0 Å². The van der Waals surface area contributed by atoms with Crippen LogP contribution in [0.1, 0.15) is 36.2 Å². The SMILES string of the molecule is CC(C)CC=C(C=O)c1ccccc1.COc1cc(C=O)ccc1O. The summed E-state index contributed by atoms with van der Waals surface area (Å²) in [6.45, 7) is 4.29. The van der Waals surface area contributed by atoms with Crippen molar-refractivity contribution >= 4 is 18.1 Å². The van der Waals surface area contributed by atoms with Gasteiger partial charge in [-0.15, -0.1) is 0 Å². The van der Waals surface area contributed by atoms with E-state index in [0.29, 0.717) is 23.5 Å². The molecule has 0 bridgehead atoms. The van der Waals surface area contributed by atoms with Gasteiger partial charge >= 0.3 is 0 Å². The van der Waals surface area contributed by atoms with Gasteiger partial charge in [0.2, 0.25) is 0 Å². The van der Waals surface area contributed by atoms with E-state index in [-0.39, 0.29) is 5.75 Å². The number of allylic oxidation sites excluding steroid dienone is 2. The second-order valence-corrected chi connectivity index (χ2v) is 5.82. The fourth-order valence-corrected chi connectivity index (χ4v) is 1.99. The zero-order valence-electron chi connectivity index (χ0n) is 14.8. The quantitative estimate of drug-likeness (QED) is 0.620. The molecule has 0 aliphatic rings. The molecule has 4 nitrogen and oxygen atoms in total. The largest absolute Gasteiger partial charge is 0.504 e. The van der Waals surface area contributed by atoms with E-state index in [1.54, 1.807) is 0 Å². The summed E-state index contributed by atoms with van der Waals surface area (Å²) in [4.78, 5) is 21.1. The van der Waals surface area contributed by atoms with Gasteiger partial charge in [-0.25, -0.2) is 0 Å². The van der Waals surface area contributed by atoms with E-state index >= 15 is 0 Å². The van der Waals surface area contributed by atoms with Crippen molar-refractivity contribution < 1.29 is 19.4 Å². The first-order valence-corrected chi connectivity index (χ1v) is 8.04. The molecule has 2 aromatic rings. The Bertz CT molecular complexity index is 703. The number of hydrogen-bond acceptors (Lipinski definition) is 4. The molecular formula is C21H24O4. The number of ether oxygens (including phenoxy) is 1. The Labute approximate surface area is 148 Å². The van der Waals surface area contributed by atoms with Crippen molar-refractivity contribution in [1.29, 1.82) is 0 Å². The van der Waals surface area contributed by atoms with E-state index in [1.165, 1.54) is 25.3 Å². The molecular weight excluding hydrogens is 316 g/mol. The summed E-state index contributed by atoms with van der Waals surface area (Å²) in [6.07, 6.45) is 4.58. The molecule has 25 heavy (non-hydrogen) atoms. The Hall–Kier alpha value is -2.88. The molecule has 0 aliphatic carbocycles. The number of methoxy groups -OCH3 is 1. The third-order valence-corrected chi connectivity index (χ3v) is 3.38. The zero-order valence-corrected chi connectivity index (χ0v) is 14.8. The van der Waals surface area contributed by atoms with Crippen LogP contribution in [0.25, 0.3) is 5.57 Å². The van der Waals surface area contributed by atoms with Crippen molar-refractivity contribution in [2.75, 3.05) is 7.11 Å². The minimum atomic E-state index is 0.0399. The first kappa shape index (κ1) is 20.2. The molecule has 0 amide bonds. The molecule has 0 spiro atoms. The first-order chi connectivity index (χ1) is 12.0. The van der Waals surface area contributed by atoms with Crippen LogP contribution < -0.4 is 4.74 Å². The van der Waals surface area contributed by atoms with Gasteiger partial charge < -0.3 is 9.84 Å². The highest BCUT2D eigenvalue weighted by atomic mass is 16.5. The lowest BCUT2D eigenvalue weighted by Crippen LogP contribution is -1.88. The first-order valence-electron chi connectivity index (χ1n) is 8.04. The molecule has 0 unspecified atom stereocenters. The highest BCUT2D eigenvalue weighted by Gasteiger charge is 2.00. The number of aromatic hydroxyl groups is 1. The van der Waals surface area contributed by atoms with E-state index in [4.69, 9.17) is 9.84 Å². The number of benzene rings is 2. The topological polar surface area (TPSA) is 63.6 Å². The number of hydrogen-bond donors (Lipinski definition) is 1. The van der Waals surface area contributed by atoms with Crippen LogP contribution in [0.5, 0.6) is 11.5 Å². The summed E-state index contributed by atoms with van der Waals surface area (Å²) in [5.41, 5.74) is 2.28. The highest BCUT2D eigenvalue weighted by molar-refractivity contribution is 6.06. The predicted octanol–water partition coefficient (Wildman–Crippen LogP) is 4.53. The van der Waals surface area contributed by atoms with Gasteiger partial charge in [0.15, 0.2) is 11.5 Å². The lowest BCUT2D eigenvalue weighted by atomic mass is 10.0. The Balaban J connectivity index is 0.000000257. The molecule has 2 rings (SSSR count). The van der Waals surface area contributed by atoms with Gasteiger partial charge in [0.05, 0.1) is 7.11 Å². The predicted molar refractivity (Wildman–Crippen MR) is 100.0 cm³/mol. The van der Waals surface area contributed by atoms with Crippen LogP contribution in [0.15, 0.2) is 54.6 Å². The van der Waals surface area contributed by atoms with Crippen molar-refractivity contribution in [3.8, 4) is 11.5 Å². The number of carbonyl (C=O) groups excluding carboxylic acids is 2. The Kier molecular flexibility index (Phi) is 8.72. The zero-order chi connectivity index (χ0) is 18.7. The minimum Gasteiger partial charge on any atom is -0.504 e. The molecule has 0 atom stereocenters. The van der Waals surface area contributed by atoms with Crippen LogP contribution in [0.2, 0.25) is 0 Å². The second-order valence-electron chi connectivity index (χ2n) is 5.82. The van der Waals surface area contributed by atoms with Crippen LogP contribution >= 0.6 is 0 Å². The van der Waals surface area contributed by atoms with Crippen molar-refractivity contribution in [3.05, 3.63) is 65.7 Å². The molecule has 0 fully saturated rings. The van der Waals surface area contributed by atoms with Crippen LogP contribution in [0.3, 0.4) is 0 Å². The van der Waals surface area contributed by atoms with Gasteiger partial charge in [-0.1, -0.05) is 50.3 Å². The molecule has 0 saturated heterocycles. The average molecular weight is 340 g/mol. The summed E-state index contributed by atoms with van der Waals surface area (Å²) in [5, 5.41) is 9.09. The molecule has 4 heteroatoms. The van der Waals surface area contributed by atoms with Gasteiger partial charge in [-0.3, -0.25) is 9.59 Å². The van der Waals surface area contributed by atoms with E-state index in [9.17, 15) is 9.59 Å². The number of phenols is 1. The van der Waals surface area contributed by atoms with Gasteiger partial charge in [0.1, 0.15) is 12.6 Å². The number of phenolic OH excluding ortho intramolecular Hbond substituents is 1. The fraction of sp³-hybridized carbons (Fsp3) is 0.238. The summed E-state index contributed by atoms with van der Waals surface area (Å²) in [6, 6.07) is 14.2. The minimum absolute atomic E-state index is 0.0399. The molecule has 0 aliphatic heterocycles. The molecule has 1 N–H and O–H groups in total. The van der Waals surface area contributed by atoms with Gasteiger partial charge in [-0.2, -0.15) is 0 Å². The van der Waals surface area contributed by atoms with Gasteiger partial charge in [-0.05, 0) is 36.1 Å². The smallest absolute Gasteiger partial charge is 0.161 e. The maximum atomic E-state index is 10.8. The Morgan fingerprint density at radius 1 is 1.12 bits per heavy atom. The van der Waals surface area contributed by atoms with E-state index in [1.807, 2.05) is 36.4 Å². The second kappa shape index (κ2) is 10.8. The molecule has 0 saturated carbocycles. The van der Waals surface area contributed by atoms with Gasteiger partial charge in [0.25, 0.3) is 0 Å². The monoisotopic (exact) mass is 340 g/mol. The third kappa shape index (κ3) is 7.04. The van der Waals surface area contributed by atoms with Crippen LogP contribution in [0, 0.1) is 5.92 Å². The highest BCUT2D eigenvalue weighted by Crippen LogP contribution is 2.25. The third-order valence-electron chi connectivity index (χ3n) is 3.38. The number of rotatable bonds is 6. The fourth-order valence-electron chi connectivity index (χ4n) is 1.99. The Morgan fingerprint density at radius 2 is 1.80 bits per heavy atom. The number of carbonyl (C=O) groups is 2. The van der Waals surface area contributed by atoms with Crippen molar-refractivity contribution in [3.63, 3.8) is 0 Å². The standard InChI is InChI=1S/C13H16O.C8H8O3/c1-11(2)8-9-13(10-14)12-6-4-3-5-7-12;1-11-8-4-6(5-9)2-3-7(8)10/h3-7,9-11H,8H2,1-2H3;2-5,10H,1H3. The molecule has 2 aromatic carbocycles. The molecule has 0 radical (unpaired) electrons. The van der Waals surface area contributed by atoms with Crippen LogP contribution in [-0.4, -0.2) is 24.8 Å². The van der Waals surface area contributed by atoms with Crippen molar-refractivity contribution in [2.45, 2.75) is 20.3 Å². The molecule has 0 aromatic heterocycles. The maximum Gasteiger partial charge on any atom is 0.161 e. The lowest BCUT2D eigenvalue weighted by Gasteiger charge is -2.02. The van der Waals surface area contributed by atoms with Crippen LogP contribution in [-0.2, 0) is 4.79 Å². The molecule has 132 valence electrons. The normalized spacial score (nSPS) is 10.6. The van der Waals surface area contributed by atoms with Crippen LogP contribution in [0.4, 0.5) is 0 Å². The summed E-state index contributed by atoms with van der Waals surface area (Å²) < 4.78 is 4.78. The Morgan fingerprint density at radius 3 is 2.32 bits per heavy atom. The van der Waals surface area contributed by atoms with E-state index in [0.717, 1.165) is 23.8 Å². The average Bonchev–Trinajstić information content (AvgIpc) is 2.64. The summed E-state index contributed by atoms with van der Waals surface area (Å²) in [7, 11) is 1.43. The van der Waals surface area contributed by atoms with Crippen molar-refractivity contribution in [2.24, 2.45) is 5.92 Å². The summed E-state index contributed by atoms with van der Waals surface area (Å²) in [5.74, 6) is 0.946. The lowest BCUT2D eigenvalue weighted by molar-refractivity contribution is -0.103. The van der Waals surface area contributed by atoms with Gasteiger partial charge in [0, 0.05) is 11.1 Å².